The van der Waals surface area contributed by atoms with Crippen LogP contribution in [0, 0.1) is 0 Å². The Morgan fingerprint density at radius 2 is 2.16 bits per heavy atom. The number of rotatable bonds is 5. The van der Waals surface area contributed by atoms with Crippen LogP contribution in [0.2, 0.25) is 0 Å². The molecule has 0 bridgehead atoms. The van der Waals surface area contributed by atoms with Gasteiger partial charge in [-0.05, 0) is 38.3 Å². The standard InChI is InChI=1S/C14H21NO3S/c1-11(2)19(16,17)10-9-18-13-7-3-5-12-6-4-8-15-14(12)13/h3,5,7,11,15H,4,6,8-10H2,1-2H3. The van der Waals surface area contributed by atoms with Crippen molar-refractivity contribution >= 4 is 15.5 Å². The number of benzene rings is 1. The fourth-order valence-corrected chi connectivity index (χ4v) is 2.89. The van der Waals surface area contributed by atoms with E-state index in [1.54, 1.807) is 13.8 Å². The number of aryl methyl sites for hydroxylation is 1. The molecule has 5 heteroatoms. The van der Waals surface area contributed by atoms with Crippen LogP contribution in [0.4, 0.5) is 5.69 Å². The largest absolute Gasteiger partial charge is 0.490 e. The van der Waals surface area contributed by atoms with E-state index in [0.29, 0.717) is 0 Å². The van der Waals surface area contributed by atoms with Gasteiger partial charge in [0.25, 0.3) is 0 Å². The van der Waals surface area contributed by atoms with Gasteiger partial charge in [0.1, 0.15) is 12.4 Å². The molecule has 0 saturated heterocycles. The van der Waals surface area contributed by atoms with Crippen molar-refractivity contribution in [2.45, 2.75) is 31.9 Å². The molecule has 19 heavy (non-hydrogen) atoms. The molecular formula is C14H21NO3S. The highest BCUT2D eigenvalue weighted by Gasteiger charge is 2.17. The summed E-state index contributed by atoms with van der Waals surface area (Å²) in [6.45, 7) is 4.54. The van der Waals surface area contributed by atoms with Crippen LogP contribution in [0.3, 0.4) is 0 Å². The van der Waals surface area contributed by atoms with Gasteiger partial charge in [0.05, 0.1) is 16.7 Å². The lowest BCUT2D eigenvalue weighted by molar-refractivity contribution is 0.341. The third-order valence-corrected chi connectivity index (χ3v) is 5.55. The molecule has 0 radical (unpaired) electrons. The smallest absolute Gasteiger partial charge is 0.155 e. The molecule has 0 atom stereocenters. The number of fused-ring (bicyclic) bond motifs is 1. The van der Waals surface area contributed by atoms with Gasteiger partial charge in [-0.3, -0.25) is 0 Å². The van der Waals surface area contributed by atoms with Crippen molar-refractivity contribution in [3.63, 3.8) is 0 Å². The predicted molar refractivity (Wildman–Crippen MR) is 77.7 cm³/mol. The topological polar surface area (TPSA) is 55.4 Å². The monoisotopic (exact) mass is 283 g/mol. The minimum absolute atomic E-state index is 0.0638. The van der Waals surface area contributed by atoms with E-state index in [4.69, 9.17) is 4.74 Å². The first kappa shape index (κ1) is 14.2. The summed E-state index contributed by atoms with van der Waals surface area (Å²) in [7, 11) is -3.04. The molecule has 2 rings (SSSR count). The summed E-state index contributed by atoms with van der Waals surface area (Å²) in [5, 5.41) is 2.98. The lowest BCUT2D eigenvalue weighted by atomic mass is 10.0. The third-order valence-electron chi connectivity index (χ3n) is 3.38. The Bertz CT molecular complexity index is 538. The van der Waals surface area contributed by atoms with Gasteiger partial charge in [-0.2, -0.15) is 0 Å². The van der Waals surface area contributed by atoms with Crippen LogP contribution >= 0.6 is 0 Å². The lowest BCUT2D eigenvalue weighted by Gasteiger charge is -2.21. The quantitative estimate of drug-likeness (QED) is 0.900. The molecule has 1 N–H and O–H groups in total. The number of nitrogens with one attached hydrogen (secondary N) is 1. The number of anilines is 1. The van der Waals surface area contributed by atoms with Gasteiger partial charge >= 0.3 is 0 Å². The third kappa shape index (κ3) is 3.41. The van der Waals surface area contributed by atoms with E-state index in [9.17, 15) is 8.42 Å². The first-order valence-electron chi connectivity index (χ1n) is 6.71. The normalized spacial score (nSPS) is 14.9. The van der Waals surface area contributed by atoms with Crippen molar-refractivity contribution in [2.75, 3.05) is 24.2 Å². The van der Waals surface area contributed by atoms with Gasteiger partial charge < -0.3 is 10.1 Å². The van der Waals surface area contributed by atoms with Crippen LogP contribution in [0.1, 0.15) is 25.8 Å². The number of sulfone groups is 1. The van der Waals surface area contributed by atoms with E-state index >= 15 is 0 Å². The zero-order chi connectivity index (χ0) is 13.9. The molecule has 0 spiro atoms. The Labute approximate surface area is 115 Å². The van der Waals surface area contributed by atoms with E-state index < -0.39 is 9.84 Å². The van der Waals surface area contributed by atoms with E-state index in [0.717, 1.165) is 30.8 Å². The van der Waals surface area contributed by atoms with Crippen molar-refractivity contribution in [3.05, 3.63) is 23.8 Å². The molecule has 106 valence electrons. The molecule has 4 nitrogen and oxygen atoms in total. The van der Waals surface area contributed by atoms with E-state index in [2.05, 4.69) is 11.4 Å². The highest BCUT2D eigenvalue weighted by atomic mass is 32.2. The number of para-hydroxylation sites is 1. The van der Waals surface area contributed by atoms with Gasteiger partial charge in [0.2, 0.25) is 0 Å². The summed E-state index contributed by atoms with van der Waals surface area (Å²) in [6, 6.07) is 5.93. The van der Waals surface area contributed by atoms with Crippen molar-refractivity contribution < 1.29 is 13.2 Å². The van der Waals surface area contributed by atoms with E-state index in [1.807, 2.05) is 12.1 Å². The zero-order valence-electron chi connectivity index (χ0n) is 11.5. The van der Waals surface area contributed by atoms with Crippen molar-refractivity contribution in [1.82, 2.24) is 0 Å². The van der Waals surface area contributed by atoms with Gasteiger partial charge in [-0.1, -0.05) is 12.1 Å². The minimum atomic E-state index is -3.04. The average molecular weight is 283 g/mol. The second kappa shape index (κ2) is 5.82. The van der Waals surface area contributed by atoms with Gasteiger partial charge in [0.15, 0.2) is 9.84 Å². The van der Waals surface area contributed by atoms with Crippen molar-refractivity contribution in [3.8, 4) is 5.75 Å². The SMILES string of the molecule is CC(C)S(=O)(=O)CCOc1cccc2c1NCCC2. The molecule has 0 aromatic heterocycles. The van der Waals surface area contributed by atoms with E-state index in [1.165, 1.54) is 5.56 Å². The minimum Gasteiger partial charge on any atom is -0.490 e. The predicted octanol–water partition coefficient (Wildman–Crippen LogP) is 2.25. The van der Waals surface area contributed by atoms with Crippen molar-refractivity contribution in [1.29, 1.82) is 0 Å². The Balaban J connectivity index is 2.01. The average Bonchev–Trinajstić information content (AvgIpc) is 2.38. The second-order valence-corrected chi connectivity index (χ2v) is 7.76. The molecule has 1 aliphatic rings. The summed E-state index contributed by atoms with van der Waals surface area (Å²) in [5.74, 6) is 0.824. The second-order valence-electron chi connectivity index (χ2n) is 5.08. The fourth-order valence-electron chi connectivity index (χ4n) is 2.10. The zero-order valence-corrected chi connectivity index (χ0v) is 12.3. The van der Waals surface area contributed by atoms with Crippen molar-refractivity contribution in [2.24, 2.45) is 0 Å². The van der Waals surface area contributed by atoms with Crippen LogP contribution in [0.25, 0.3) is 0 Å². The summed E-state index contributed by atoms with van der Waals surface area (Å²) < 4.78 is 29.1. The van der Waals surface area contributed by atoms with Gasteiger partial charge in [-0.15, -0.1) is 0 Å². The Morgan fingerprint density at radius 1 is 1.37 bits per heavy atom. The maximum atomic E-state index is 11.7. The van der Waals surface area contributed by atoms with Crippen LogP contribution in [-0.4, -0.2) is 32.6 Å². The highest BCUT2D eigenvalue weighted by Crippen LogP contribution is 2.31. The molecule has 1 aliphatic heterocycles. The molecule has 0 amide bonds. The summed E-state index contributed by atoms with van der Waals surface area (Å²) in [6.07, 6.45) is 2.17. The molecule has 1 aromatic rings. The Morgan fingerprint density at radius 3 is 2.89 bits per heavy atom. The number of hydrogen-bond donors (Lipinski definition) is 1. The Hall–Kier alpha value is -1.23. The molecule has 0 unspecified atom stereocenters. The summed E-state index contributed by atoms with van der Waals surface area (Å²) in [5.41, 5.74) is 2.27. The van der Waals surface area contributed by atoms with Crippen LogP contribution in [-0.2, 0) is 16.3 Å². The number of ether oxygens (including phenoxy) is 1. The van der Waals surface area contributed by atoms with Gasteiger partial charge in [-0.25, -0.2) is 8.42 Å². The molecule has 0 aliphatic carbocycles. The maximum Gasteiger partial charge on any atom is 0.155 e. The van der Waals surface area contributed by atoms with Crippen LogP contribution in [0.5, 0.6) is 5.75 Å². The van der Waals surface area contributed by atoms with Crippen LogP contribution < -0.4 is 10.1 Å². The molecule has 0 fully saturated rings. The summed E-state index contributed by atoms with van der Waals surface area (Å²) in [4.78, 5) is 0. The fraction of sp³-hybridized carbons (Fsp3) is 0.571. The summed E-state index contributed by atoms with van der Waals surface area (Å²) >= 11 is 0. The van der Waals surface area contributed by atoms with Crippen LogP contribution in [0.15, 0.2) is 18.2 Å². The molecule has 0 saturated carbocycles. The lowest BCUT2D eigenvalue weighted by Crippen LogP contribution is -2.22. The maximum absolute atomic E-state index is 11.7. The molecule has 1 aromatic carbocycles. The first-order chi connectivity index (χ1) is 9.00. The molecule has 1 heterocycles. The van der Waals surface area contributed by atoms with Gasteiger partial charge in [0, 0.05) is 6.54 Å². The highest BCUT2D eigenvalue weighted by molar-refractivity contribution is 7.91. The first-order valence-corrected chi connectivity index (χ1v) is 8.42. The Kier molecular flexibility index (Phi) is 4.34. The molecular weight excluding hydrogens is 262 g/mol. The van der Waals surface area contributed by atoms with E-state index in [-0.39, 0.29) is 17.6 Å². The number of hydrogen-bond acceptors (Lipinski definition) is 4.